The lowest BCUT2D eigenvalue weighted by Gasteiger charge is -2.41. The van der Waals surface area contributed by atoms with E-state index >= 15 is 0 Å². The normalized spacial score (nSPS) is 18.7. The Morgan fingerprint density at radius 3 is 2.55 bits per heavy atom. The molecule has 1 aliphatic heterocycles. The summed E-state index contributed by atoms with van der Waals surface area (Å²) >= 11 is 0. The van der Waals surface area contributed by atoms with Crippen molar-refractivity contribution >= 4 is 11.9 Å². The number of aromatic nitrogens is 1. The number of nitrogens with zero attached hydrogens (tertiary/aromatic N) is 2. The number of carbonyl (C=O) groups is 1. The first-order chi connectivity index (χ1) is 14.9. The molecule has 0 saturated carbocycles. The molecule has 1 aromatic heterocycles. The van der Waals surface area contributed by atoms with Gasteiger partial charge in [0.25, 0.3) is 0 Å². The van der Waals surface area contributed by atoms with Gasteiger partial charge in [-0.25, -0.2) is 22.9 Å². The quantitative estimate of drug-likeness (QED) is 0.635. The van der Waals surface area contributed by atoms with Crippen LogP contribution < -0.4 is 4.90 Å². The van der Waals surface area contributed by atoms with Crippen LogP contribution in [0.4, 0.5) is 23.8 Å². The molecule has 2 heterocycles. The predicted octanol–water partition coefficient (Wildman–Crippen LogP) is 4.79. The Kier molecular flexibility index (Phi) is 5.65. The van der Waals surface area contributed by atoms with Gasteiger partial charge in [0.2, 0.25) is 0 Å². The summed E-state index contributed by atoms with van der Waals surface area (Å²) in [6, 6.07) is 13.8. The molecule has 2 aromatic carbocycles. The highest BCUT2D eigenvalue weighted by molar-refractivity contribution is 5.88. The van der Waals surface area contributed by atoms with E-state index in [0.717, 1.165) is 12.1 Å². The highest BCUT2D eigenvalue weighted by atomic mass is 19.1. The number of aliphatic hydroxyl groups excluding tert-OH is 1. The van der Waals surface area contributed by atoms with E-state index in [1.54, 1.807) is 24.3 Å². The third-order valence-corrected chi connectivity index (χ3v) is 5.34. The second-order valence-corrected chi connectivity index (χ2v) is 7.22. The van der Waals surface area contributed by atoms with Crippen molar-refractivity contribution in [2.45, 2.75) is 18.4 Å². The minimum Gasteiger partial charge on any atom is -0.437 e. The van der Waals surface area contributed by atoms with E-state index in [1.807, 2.05) is 0 Å². The Labute approximate surface area is 176 Å². The fourth-order valence-corrected chi connectivity index (χ4v) is 3.80. The zero-order valence-corrected chi connectivity index (χ0v) is 16.4. The number of ether oxygens (including phenoxy) is 1. The molecule has 0 spiro atoms. The number of hydrogen-bond acceptors (Lipinski definition) is 4. The van der Waals surface area contributed by atoms with Crippen LogP contribution in [0.2, 0.25) is 0 Å². The van der Waals surface area contributed by atoms with E-state index in [9.17, 15) is 23.1 Å². The van der Waals surface area contributed by atoms with E-state index in [1.165, 1.54) is 29.2 Å². The number of halogens is 3. The molecule has 3 aromatic rings. The fourth-order valence-electron chi connectivity index (χ4n) is 3.80. The molecular formula is C23H19F3N2O3. The molecule has 1 atom stereocenters. The minimum atomic E-state index is -1.30. The second-order valence-electron chi connectivity index (χ2n) is 7.22. The van der Waals surface area contributed by atoms with Gasteiger partial charge < -0.3 is 9.84 Å². The lowest BCUT2D eigenvalue weighted by molar-refractivity contribution is -0.0281. The number of hydrogen-bond donors (Lipinski definition) is 1. The van der Waals surface area contributed by atoms with Gasteiger partial charge in [0, 0.05) is 43.2 Å². The first-order valence-electron chi connectivity index (χ1n) is 9.72. The van der Waals surface area contributed by atoms with Crippen molar-refractivity contribution in [3.63, 3.8) is 0 Å². The molecule has 8 heteroatoms. The van der Waals surface area contributed by atoms with Crippen LogP contribution >= 0.6 is 0 Å². The average Bonchev–Trinajstić information content (AvgIpc) is 2.74. The topological polar surface area (TPSA) is 62.7 Å². The summed E-state index contributed by atoms with van der Waals surface area (Å²) < 4.78 is 47.5. The van der Waals surface area contributed by atoms with Gasteiger partial charge in [-0.15, -0.1) is 0 Å². The number of anilines is 1. The lowest BCUT2D eigenvalue weighted by Crippen LogP contribution is -2.49. The van der Waals surface area contributed by atoms with Gasteiger partial charge in [-0.2, -0.15) is 0 Å². The Morgan fingerprint density at radius 1 is 1.03 bits per heavy atom. The van der Waals surface area contributed by atoms with Crippen molar-refractivity contribution in [1.82, 2.24) is 4.98 Å². The van der Waals surface area contributed by atoms with Gasteiger partial charge in [-0.3, -0.25) is 4.90 Å². The summed E-state index contributed by atoms with van der Waals surface area (Å²) in [6.45, 7) is -0.144. The smallest absolute Gasteiger partial charge is 0.416 e. The highest BCUT2D eigenvalue weighted by Crippen LogP contribution is 2.39. The molecule has 1 saturated heterocycles. The highest BCUT2D eigenvalue weighted by Gasteiger charge is 2.44. The van der Waals surface area contributed by atoms with Crippen molar-refractivity contribution < 1.29 is 27.8 Å². The van der Waals surface area contributed by atoms with Crippen LogP contribution in [0.5, 0.6) is 0 Å². The maximum Gasteiger partial charge on any atom is 0.416 e. The number of aliphatic hydroxyl groups is 1. The largest absolute Gasteiger partial charge is 0.437 e. The van der Waals surface area contributed by atoms with Crippen LogP contribution in [0.15, 0.2) is 60.7 Å². The third-order valence-electron chi connectivity index (χ3n) is 5.34. The Morgan fingerprint density at radius 2 is 1.84 bits per heavy atom. The van der Waals surface area contributed by atoms with Crippen molar-refractivity contribution in [3.8, 4) is 11.3 Å². The van der Waals surface area contributed by atoms with Gasteiger partial charge in [0.1, 0.15) is 28.9 Å². The number of amides is 1. The molecule has 1 fully saturated rings. The van der Waals surface area contributed by atoms with Crippen molar-refractivity contribution in [2.24, 2.45) is 0 Å². The molecule has 0 radical (unpaired) electrons. The molecule has 1 N–H and O–H groups in total. The lowest BCUT2D eigenvalue weighted by atomic mass is 9.85. The second kappa shape index (κ2) is 8.39. The van der Waals surface area contributed by atoms with E-state index in [-0.39, 0.29) is 48.6 Å². The molecule has 0 unspecified atom stereocenters. The Hall–Kier alpha value is -3.39. The average molecular weight is 428 g/mol. The van der Waals surface area contributed by atoms with Crippen LogP contribution in [-0.2, 0) is 10.3 Å². The van der Waals surface area contributed by atoms with Crippen LogP contribution in [0.1, 0.15) is 18.4 Å². The molecule has 1 aliphatic rings. The molecule has 5 nitrogen and oxygen atoms in total. The summed E-state index contributed by atoms with van der Waals surface area (Å²) in [5, 5.41) is 9.51. The molecule has 4 rings (SSSR count). The van der Waals surface area contributed by atoms with Crippen molar-refractivity contribution in [2.75, 3.05) is 18.1 Å². The summed E-state index contributed by atoms with van der Waals surface area (Å²) in [6.07, 6.45) is -0.495. The SMILES string of the molecule is O=C1O[C@@](CCO)(c2ccccc2F)CCN1c1cccc(-c2ccc(F)cc2F)n1. The first kappa shape index (κ1) is 20.9. The van der Waals surface area contributed by atoms with E-state index in [0.29, 0.717) is 0 Å². The molecule has 0 aliphatic carbocycles. The summed E-state index contributed by atoms with van der Waals surface area (Å²) in [5.74, 6) is -1.78. The monoisotopic (exact) mass is 428 g/mol. The zero-order chi connectivity index (χ0) is 22.0. The number of benzene rings is 2. The first-order valence-corrected chi connectivity index (χ1v) is 9.72. The number of pyridine rings is 1. The van der Waals surface area contributed by atoms with Crippen LogP contribution in [0.3, 0.4) is 0 Å². The maximum atomic E-state index is 14.4. The molecule has 0 bridgehead atoms. The molecule has 1 amide bonds. The minimum absolute atomic E-state index is 0.0434. The van der Waals surface area contributed by atoms with Crippen molar-refractivity contribution in [1.29, 1.82) is 0 Å². The molecular weight excluding hydrogens is 409 g/mol. The van der Waals surface area contributed by atoms with Crippen LogP contribution in [-0.4, -0.2) is 29.3 Å². The fraction of sp³-hybridized carbons (Fsp3) is 0.217. The van der Waals surface area contributed by atoms with Crippen LogP contribution in [0, 0.1) is 17.5 Å². The number of rotatable bonds is 5. The van der Waals surface area contributed by atoms with E-state index in [2.05, 4.69) is 4.98 Å². The predicted molar refractivity (Wildman–Crippen MR) is 108 cm³/mol. The zero-order valence-electron chi connectivity index (χ0n) is 16.4. The van der Waals surface area contributed by atoms with E-state index in [4.69, 9.17) is 4.74 Å². The summed E-state index contributed by atoms with van der Waals surface area (Å²) in [5.41, 5.74) is -0.778. The van der Waals surface area contributed by atoms with Crippen LogP contribution in [0.25, 0.3) is 11.3 Å². The maximum absolute atomic E-state index is 14.4. The van der Waals surface area contributed by atoms with Gasteiger partial charge >= 0.3 is 6.09 Å². The third kappa shape index (κ3) is 3.98. The molecule has 160 valence electrons. The summed E-state index contributed by atoms with van der Waals surface area (Å²) in [4.78, 5) is 18.5. The Balaban J connectivity index is 1.63. The Bertz CT molecular complexity index is 1120. The number of cyclic esters (lactones) is 1. The van der Waals surface area contributed by atoms with E-state index < -0.39 is 29.1 Å². The summed E-state index contributed by atoms with van der Waals surface area (Å²) in [7, 11) is 0. The van der Waals surface area contributed by atoms with Gasteiger partial charge in [0.05, 0.1) is 5.69 Å². The van der Waals surface area contributed by atoms with Gasteiger partial charge in [-0.05, 0) is 30.3 Å². The number of carbonyl (C=O) groups excluding carboxylic acids is 1. The standard InChI is InChI=1S/C23H19F3N2O3/c24-15-8-9-16(19(26)14-15)20-6-3-7-21(27-20)28-12-10-23(11-13-29,31-22(28)30)17-4-1-2-5-18(17)25/h1-9,14,29H,10-13H2/t23-/m0/s1. The van der Waals surface area contributed by atoms with Crippen molar-refractivity contribution in [3.05, 3.63) is 83.7 Å². The van der Waals surface area contributed by atoms with Gasteiger partial charge in [0.15, 0.2) is 0 Å². The molecule has 31 heavy (non-hydrogen) atoms. The van der Waals surface area contributed by atoms with Gasteiger partial charge in [-0.1, -0.05) is 24.3 Å².